The van der Waals surface area contributed by atoms with Crippen LogP contribution in [0.25, 0.3) is 11.4 Å². The second kappa shape index (κ2) is 10.5. The quantitative estimate of drug-likeness (QED) is 0.480. The van der Waals surface area contributed by atoms with Gasteiger partial charge in [-0.25, -0.2) is 4.98 Å². The highest BCUT2D eigenvalue weighted by atomic mass is 35.5. The Morgan fingerprint density at radius 3 is 2.77 bits per heavy atom. The Labute approximate surface area is 214 Å². The van der Waals surface area contributed by atoms with Crippen LogP contribution in [0.3, 0.4) is 0 Å². The van der Waals surface area contributed by atoms with Gasteiger partial charge in [-0.1, -0.05) is 29.3 Å². The van der Waals surface area contributed by atoms with Gasteiger partial charge in [0.15, 0.2) is 0 Å². The minimum Gasteiger partial charge on any atom is -0.492 e. The zero-order valence-electron chi connectivity index (χ0n) is 19.8. The number of pyridine rings is 1. The van der Waals surface area contributed by atoms with E-state index in [4.69, 9.17) is 33.2 Å². The van der Waals surface area contributed by atoms with E-state index < -0.39 is 0 Å². The van der Waals surface area contributed by atoms with Crippen molar-refractivity contribution in [2.45, 2.75) is 33.4 Å². The van der Waals surface area contributed by atoms with Crippen LogP contribution in [0.4, 0.5) is 5.69 Å². The maximum atomic E-state index is 13.2. The first-order valence-electron chi connectivity index (χ1n) is 11.4. The van der Waals surface area contributed by atoms with Crippen molar-refractivity contribution >= 4 is 34.8 Å². The molecule has 3 heterocycles. The number of halogens is 2. The molecular formula is C25H26Cl2N6O2. The summed E-state index contributed by atoms with van der Waals surface area (Å²) in [6.07, 6.45) is 0. The summed E-state index contributed by atoms with van der Waals surface area (Å²) in [5.41, 5.74) is 2.93. The van der Waals surface area contributed by atoms with Gasteiger partial charge in [-0.3, -0.25) is 9.48 Å². The zero-order valence-corrected chi connectivity index (χ0v) is 21.3. The summed E-state index contributed by atoms with van der Waals surface area (Å²) >= 11 is 12.7. The van der Waals surface area contributed by atoms with Crippen molar-refractivity contribution in [3.05, 3.63) is 57.8 Å². The molecule has 8 nitrogen and oxygen atoms in total. The van der Waals surface area contributed by atoms with Crippen LogP contribution in [0.2, 0.25) is 10.0 Å². The molecule has 1 saturated heterocycles. The number of ether oxygens (including phenoxy) is 1. The molecule has 4 rings (SSSR count). The van der Waals surface area contributed by atoms with Gasteiger partial charge >= 0.3 is 0 Å². The van der Waals surface area contributed by atoms with Crippen LogP contribution in [0.15, 0.2) is 36.4 Å². The predicted octanol–water partition coefficient (Wildman–Crippen LogP) is 4.57. The SMILES string of the molecule is CCOc1cc(N2CCN(C(=O)Cn3nc(-c4cccc(C#N)n4)c(Cl)c3C)[C@@H](C)C2)ccc1Cl. The van der Waals surface area contributed by atoms with Gasteiger partial charge in [-0.15, -0.1) is 0 Å². The van der Waals surface area contributed by atoms with Gasteiger partial charge in [-0.05, 0) is 45.0 Å². The van der Waals surface area contributed by atoms with Gasteiger partial charge in [0.25, 0.3) is 0 Å². The lowest BCUT2D eigenvalue weighted by Gasteiger charge is -2.41. The second-order valence-corrected chi connectivity index (χ2v) is 9.14. The van der Waals surface area contributed by atoms with Crippen molar-refractivity contribution < 1.29 is 9.53 Å². The molecule has 0 unspecified atom stereocenters. The van der Waals surface area contributed by atoms with Gasteiger partial charge in [0.05, 0.1) is 28.0 Å². The molecule has 0 bridgehead atoms. The number of anilines is 1. The Kier molecular flexibility index (Phi) is 7.48. The highest BCUT2D eigenvalue weighted by molar-refractivity contribution is 6.33. The van der Waals surface area contributed by atoms with Gasteiger partial charge in [0.2, 0.25) is 5.91 Å². The fourth-order valence-corrected chi connectivity index (χ4v) is 4.61. The van der Waals surface area contributed by atoms with Crippen molar-refractivity contribution in [3.8, 4) is 23.2 Å². The van der Waals surface area contributed by atoms with Crippen LogP contribution in [-0.2, 0) is 11.3 Å². The molecule has 182 valence electrons. The van der Waals surface area contributed by atoms with Gasteiger partial charge in [0.1, 0.15) is 29.8 Å². The number of amides is 1. The molecule has 1 fully saturated rings. The summed E-state index contributed by atoms with van der Waals surface area (Å²) in [6, 6.07) is 12.9. The normalized spacial score (nSPS) is 15.7. The minimum atomic E-state index is -0.0317. The summed E-state index contributed by atoms with van der Waals surface area (Å²) < 4.78 is 7.23. The molecule has 1 atom stereocenters. The van der Waals surface area contributed by atoms with E-state index in [9.17, 15) is 4.79 Å². The zero-order chi connectivity index (χ0) is 25.1. The number of carbonyl (C=O) groups excluding carboxylic acids is 1. The van der Waals surface area contributed by atoms with Crippen molar-refractivity contribution in [1.29, 1.82) is 5.26 Å². The number of piperazine rings is 1. The van der Waals surface area contributed by atoms with E-state index in [1.54, 1.807) is 22.9 Å². The van der Waals surface area contributed by atoms with Crippen LogP contribution in [0, 0.1) is 18.3 Å². The Hall–Kier alpha value is -3.28. The summed E-state index contributed by atoms with van der Waals surface area (Å²) in [7, 11) is 0. The van der Waals surface area contributed by atoms with E-state index in [1.807, 2.05) is 49.9 Å². The number of nitrogens with zero attached hydrogens (tertiary/aromatic N) is 6. The molecule has 0 N–H and O–H groups in total. The first-order chi connectivity index (χ1) is 16.8. The molecule has 0 spiro atoms. The lowest BCUT2D eigenvalue weighted by Crippen LogP contribution is -2.54. The number of nitriles is 1. The highest BCUT2D eigenvalue weighted by Crippen LogP contribution is 2.31. The van der Waals surface area contributed by atoms with Crippen molar-refractivity contribution in [3.63, 3.8) is 0 Å². The predicted molar refractivity (Wildman–Crippen MR) is 136 cm³/mol. The Balaban J connectivity index is 1.46. The molecule has 1 aliphatic heterocycles. The van der Waals surface area contributed by atoms with Crippen LogP contribution in [-0.4, -0.2) is 57.9 Å². The van der Waals surface area contributed by atoms with E-state index in [0.717, 1.165) is 5.69 Å². The van der Waals surface area contributed by atoms with Crippen molar-refractivity contribution in [2.24, 2.45) is 0 Å². The standard InChI is InChI=1S/C25H26Cl2N6O2/c1-4-35-22-12-19(8-9-20(22)26)31-10-11-32(16(2)14-31)23(34)15-33-17(3)24(27)25(30-33)21-7-5-6-18(13-28)29-21/h5-9,12,16H,4,10-11,14-15H2,1-3H3/t16-/m0/s1. The Morgan fingerprint density at radius 2 is 2.06 bits per heavy atom. The summed E-state index contributed by atoms with van der Waals surface area (Å²) in [6.45, 7) is 8.36. The van der Waals surface area contributed by atoms with E-state index in [-0.39, 0.29) is 24.2 Å². The Bertz CT molecular complexity index is 1290. The number of hydrogen-bond donors (Lipinski definition) is 0. The molecule has 0 saturated carbocycles. The monoisotopic (exact) mass is 512 g/mol. The lowest BCUT2D eigenvalue weighted by molar-refractivity contribution is -0.134. The van der Waals surface area contributed by atoms with Gasteiger partial charge in [0, 0.05) is 37.4 Å². The molecule has 0 aliphatic carbocycles. The largest absolute Gasteiger partial charge is 0.492 e. The molecular weight excluding hydrogens is 487 g/mol. The van der Waals surface area contributed by atoms with Gasteiger partial charge in [-0.2, -0.15) is 10.4 Å². The van der Waals surface area contributed by atoms with Crippen LogP contribution in [0.5, 0.6) is 5.75 Å². The fraction of sp³-hybridized carbons (Fsp3) is 0.360. The smallest absolute Gasteiger partial charge is 0.244 e. The average Bonchev–Trinajstić information content (AvgIpc) is 3.14. The minimum absolute atomic E-state index is 0.00209. The maximum absolute atomic E-state index is 13.2. The number of rotatable bonds is 6. The van der Waals surface area contributed by atoms with E-state index in [2.05, 4.69) is 15.0 Å². The molecule has 35 heavy (non-hydrogen) atoms. The van der Waals surface area contributed by atoms with Crippen LogP contribution >= 0.6 is 23.2 Å². The summed E-state index contributed by atoms with van der Waals surface area (Å²) in [5.74, 6) is 0.630. The third kappa shape index (κ3) is 5.21. The molecule has 1 aliphatic rings. The van der Waals surface area contributed by atoms with Crippen molar-refractivity contribution in [2.75, 3.05) is 31.1 Å². The third-order valence-corrected chi connectivity index (χ3v) is 6.82. The van der Waals surface area contributed by atoms with Gasteiger partial charge < -0.3 is 14.5 Å². The molecule has 1 amide bonds. The van der Waals surface area contributed by atoms with E-state index in [0.29, 0.717) is 59.1 Å². The second-order valence-electron chi connectivity index (χ2n) is 8.36. The summed E-state index contributed by atoms with van der Waals surface area (Å²) in [4.78, 5) is 21.6. The topological polar surface area (TPSA) is 87.3 Å². The molecule has 1 aromatic carbocycles. The number of hydrogen-bond acceptors (Lipinski definition) is 6. The first kappa shape index (κ1) is 24.8. The third-order valence-electron chi connectivity index (χ3n) is 6.05. The van der Waals surface area contributed by atoms with Crippen LogP contribution < -0.4 is 9.64 Å². The highest BCUT2D eigenvalue weighted by Gasteiger charge is 2.29. The molecule has 10 heteroatoms. The molecule has 3 aromatic rings. The van der Waals surface area contributed by atoms with Crippen LogP contribution in [0.1, 0.15) is 25.2 Å². The number of carbonyl (C=O) groups is 1. The first-order valence-corrected chi connectivity index (χ1v) is 12.1. The maximum Gasteiger partial charge on any atom is 0.244 e. The number of benzene rings is 1. The average molecular weight is 513 g/mol. The number of aromatic nitrogens is 3. The fourth-order valence-electron chi connectivity index (χ4n) is 4.21. The molecule has 0 radical (unpaired) electrons. The Morgan fingerprint density at radius 1 is 1.26 bits per heavy atom. The van der Waals surface area contributed by atoms with Crippen molar-refractivity contribution in [1.82, 2.24) is 19.7 Å². The van der Waals surface area contributed by atoms with E-state index in [1.165, 1.54) is 0 Å². The lowest BCUT2D eigenvalue weighted by atomic mass is 10.1. The summed E-state index contributed by atoms with van der Waals surface area (Å²) in [5, 5.41) is 14.7. The molecule has 2 aromatic heterocycles. The van der Waals surface area contributed by atoms with E-state index >= 15 is 0 Å².